The van der Waals surface area contributed by atoms with Crippen LogP contribution in [0.2, 0.25) is 0 Å². The lowest BCUT2D eigenvalue weighted by molar-refractivity contribution is -0.132. The summed E-state index contributed by atoms with van der Waals surface area (Å²) in [6.07, 6.45) is 0. The van der Waals surface area contributed by atoms with Gasteiger partial charge >= 0.3 is 0 Å². The Kier molecular flexibility index (Phi) is 7.36. The first kappa shape index (κ1) is 24.6. The van der Waals surface area contributed by atoms with Crippen molar-refractivity contribution in [2.24, 2.45) is 11.5 Å². The highest BCUT2D eigenvalue weighted by Gasteiger charge is 2.52. The molecule has 0 aromatic heterocycles. The molecule has 0 saturated carbocycles. The SMILES string of the molecule is CC(C)c1cccc(C(C)C)c1C(C(N)=O)(C(N)=O)c1c(C(C)C)cccc1C(C)C. The number of hydrogen-bond acceptors (Lipinski definition) is 2. The molecule has 4 N–H and O–H groups in total. The standard InChI is InChI=1S/C27H38N2O2/c1-15(2)19-11-9-12-20(16(3)4)23(19)27(25(28)30,26(29)31)24-21(17(5)6)13-10-14-22(24)18(7)8/h9-18H,1-8H3,(H2,28,30)(H2,29,31). The minimum atomic E-state index is -1.75. The lowest BCUT2D eigenvalue weighted by Crippen LogP contribution is -2.54. The van der Waals surface area contributed by atoms with Gasteiger partial charge in [-0.2, -0.15) is 0 Å². The van der Waals surface area contributed by atoms with Gasteiger partial charge in [-0.25, -0.2) is 0 Å². The molecule has 0 radical (unpaired) electrons. The monoisotopic (exact) mass is 422 g/mol. The molecule has 4 heteroatoms. The summed E-state index contributed by atoms with van der Waals surface area (Å²) >= 11 is 0. The zero-order valence-corrected chi connectivity index (χ0v) is 20.2. The molecule has 0 aliphatic heterocycles. The molecule has 2 rings (SSSR count). The van der Waals surface area contributed by atoms with E-state index < -0.39 is 17.2 Å². The Labute approximate surface area is 187 Å². The molecule has 31 heavy (non-hydrogen) atoms. The summed E-state index contributed by atoms with van der Waals surface area (Å²) in [6, 6.07) is 11.9. The number of rotatable bonds is 8. The molecule has 2 amide bonds. The lowest BCUT2D eigenvalue weighted by atomic mass is 9.63. The second-order valence-corrected chi connectivity index (χ2v) is 9.72. The molecule has 4 nitrogen and oxygen atoms in total. The van der Waals surface area contributed by atoms with Crippen LogP contribution in [-0.2, 0) is 15.0 Å². The van der Waals surface area contributed by atoms with Crippen molar-refractivity contribution < 1.29 is 9.59 Å². The molecule has 0 saturated heterocycles. The average Bonchev–Trinajstić information content (AvgIpc) is 2.67. The van der Waals surface area contributed by atoms with Crippen LogP contribution in [0.1, 0.15) is 112 Å². The number of nitrogens with two attached hydrogens (primary N) is 2. The Balaban J connectivity index is 3.27. The maximum absolute atomic E-state index is 13.5. The number of carbonyl (C=O) groups excluding carboxylic acids is 2. The van der Waals surface area contributed by atoms with E-state index in [0.29, 0.717) is 11.1 Å². The van der Waals surface area contributed by atoms with Crippen LogP contribution in [-0.4, -0.2) is 11.8 Å². The molecular formula is C27H38N2O2. The van der Waals surface area contributed by atoms with E-state index in [1.165, 1.54) is 0 Å². The van der Waals surface area contributed by atoms with Gasteiger partial charge in [-0.15, -0.1) is 0 Å². The van der Waals surface area contributed by atoms with Crippen molar-refractivity contribution >= 4 is 11.8 Å². The van der Waals surface area contributed by atoms with Crippen molar-refractivity contribution in [2.75, 3.05) is 0 Å². The van der Waals surface area contributed by atoms with Crippen molar-refractivity contribution in [3.8, 4) is 0 Å². The molecule has 0 heterocycles. The Morgan fingerprint density at radius 1 is 0.581 bits per heavy atom. The minimum Gasteiger partial charge on any atom is -0.368 e. The van der Waals surface area contributed by atoms with Gasteiger partial charge < -0.3 is 11.5 Å². The van der Waals surface area contributed by atoms with Crippen molar-refractivity contribution in [2.45, 2.75) is 84.5 Å². The van der Waals surface area contributed by atoms with Gasteiger partial charge in [0.05, 0.1) is 0 Å². The van der Waals surface area contributed by atoms with Crippen LogP contribution in [0.4, 0.5) is 0 Å². The first-order valence-electron chi connectivity index (χ1n) is 11.2. The maximum atomic E-state index is 13.5. The molecule has 2 aromatic carbocycles. The molecule has 2 aromatic rings. The van der Waals surface area contributed by atoms with E-state index >= 15 is 0 Å². The maximum Gasteiger partial charge on any atom is 0.242 e. The van der Waals surface area contributed by atoms with Gasteiger partial charge in [0.15, 0.2) is 5.41 Å². The Morgan fingerprint density at radius 2 is 0.806 bits per heavy atom. The van der Waals surface area contributed by atoms with Crippen LogP contribution in [0, 0.1) is 0 Å². The normalized spacial score (nSPS) is 12.3. The highest BCUT2D eigenvalue weighted by molar-refractivity contribution is 6.14. The van der Waals surface area contributed by atoms with Gasteiger partial charge in [-0.1, -0.05) is 91.8 Å². The van der Waals surface area contributed by atoms with Crippen LogP contribution in [0.15, 0.2) is 36.4 Å². The quantitative estimate of drug-likeness (QED) is 0.555. The second-order valence-electron chi connectivity index (χ2n) is 9.72. The van der Waals surface area contributed by atoms with E-state index in [2.05, 4.69) is 55.4 Å². The largest absolute Gasteiger partial charge is 0.368 e. The van der Waals surface area contributed by atoms with Gasteiger partial charge in [0.25, 0.3) is 0 Å². The van der Waals surface area contributed by atoms with Gasteiger partial charge in [0, 0.05) is 0 Å². The van der Waals surface area contributed by atoms with Gasteiger partial charge in [-0.05, 0) is 57.1 Å². The predicted octanol–water partition coefficient (Wildman–Crippen LogP) is 5.44. The van der Waals surface area contributed by atoms with E-state index in [-0.39, 0.29) is 23.7 Å². The Morgan fingerprint density at radius 3 is 0.968 bits per heavy atom. The third-order valence-electron chi connectivity index (χ3n) is 6.24. The smallest absolute Gasteiger partial charge is 0.242 e. The highest BCUT2D eigenvalue weighted by atomic mass is 16.2. The summed E-state index contributed by atoms with van der Waals surface area (Å²) in [5.41, 5.74) is 15.6. The summed E-state index contributed by atoms with van der Waals surface area (Å²) in [4.78, 5) is 27.0. The van der Waals surface area contributed by atoms with Crippen molar-refractivity contribution in [3.05, 3.63) is 69.8 Å². The average molecular weight is 423 g/mol. The molecule has 0 fully saturated rings. The highest BCUT2D eigenvalue weighted by Crippen LogP contribution is 2.46. The summed E-state index contributed by atoms with van der Waals surface area (Å²) in [5.74, 6) is -1.10. The fraction of sp³-hybridized carbons (Fsp3) is 0.481. The first-order valence-corrected chi connectivity index (χ1v) is 11.2. The zero-order valence-electron chi connectivity index (χ0n) is 20.2. The molecule has 168 valence electrons. The molecule has 0 spiro atoms. The van der Waals surface area contributed by atoms with Crippen LogP contribution >= 0.6 is 0 Å². The van der Waals surface area contributed by atoms with Gasteiger partial charge in [-0.3, -0.25) is 9.59 Å². The van der Waals surface area contributed by atoms with E-state index in [1.54, 1.807) is 0 Å². The topological polar surface area (TPSA) is 86.2 Å². The second kappa shape index (κ2) is 9.25. The fourth-order valence-corrected chi connectivity index (χ4v) is 4.71. The number of carbonyl (C=O) groups is 2. The summed E-state index contributed by atoms with van der Waals surface area (Å²) < 4.78 is 0. The predicted molar refractivity (Wildman–Crippen MR) is 128 cm³/mol. The zero-order chi connectivity index (χ0) is 23.7. The third-order valence-corrected chi connectivity index (χ3v) is 6.24. The fourth-order valence-electron chi connectivity index (χ4n) is 4.71. The minimum absolute atomic E-state index is 0.0838. The van der Waals surface area contributed by atoms with E-state index in [4.69, 9.17) is 11.5 Å². The number of primary amides is 2. The summed E-state index contributed by atoms with van der Waals surface area (Å²) in [6.45, 7) is 16.5. The number of hydrogen-bond donors (Lipinski definition) is 2. The summed E-state index contributed by atoms with van der Waals surface area (Å²) in [7, 11) is 0. The molecule has 0 bridgehead atoms. The molecule has 0 aliphatic rings. The van der Waals surface area contributed by atoms with Crippen LogP contribution < -0.4 is 11.5 Å². The van der Waals surface area contributed by atoms with E-state index in [0.717, 1.165) is 22.3 Å². The van der Waals surface area contributed by atoms with Crippen LogP contribution in [0.5, 0.6) is 0 Å². The van der Waals surface area contributed by atoms with Crippen molar-refractivity contribution in [1.82, 2.24) is 0 Å². The first-order chi connectivity index (χ1) is 14.4. The number of benzene rings is 2. The van der Waals surface area contributed by atoms with Crippen LogP contribution in [0.3, 0.4) is 0 Å². The Bertz CT molecular complexity index is 839. The lowest BCUT2D eigenvalue weighted by Gasteiger charge is -2.38. The molecule has 0 unspecified atom stereocenters. The van der Waals surface area contributed by atoms with Crippen molar-refractivity contribution in [1.29, 1.82) is 0 Å². The molecule has 0 atom stereocenters. The van der Waals surface area contributed by atoms with Crippen molar-refractivity contribution in [3.63, 3.8) is 0 Å². The third kappa shape index (κ3) is 4.13. The van der Waals surface area contributed by atoms with Crippen LogP contribution in [0.25, 0.3) is 0 Å². The summed E-state index contributed by atoms with van der Waals surface area (Å²) in [5, 5.41) is 0. The molecule has 0 aliphatic carbocycles. The van der Waals surface area contributed by atoms with Gasteiger partial charge in [0.1, 0.15) is 0 Å². The van der Waals surface area contributed by atoms with Gasteiger partial charge in [0.2, 0.25) is 11.8 Å². The number of amides is 2. The van der Waals surface area contributed by atoms with E-state index in [1.807, 2.05) is 36.4 Å². The van der Waals surface area contributed by atoms with E-state index in [9.17, 15) is 9.59 Å². The molecular weight excluding hydrogens is 384 g/mol. The Hall–Kier alpha value is -2.62.